The van der Waals surface area contributed by atoms with E-state index < -0.39 is 5.97 Å². The van der Waals surface area contributed by atoms with Crippen LogP contribution in [0, 0.1) is 17.2 Å². The first-order valence-electron chi connectivity index (χ1n) is 6.51. The number of nitrogens with zero attached hydrogens (tertiary/aromatic N) is 3. The number of hydrogen-bond donors (Lipinski definition) is 2. The van der Waals surface area contributed by atoms with Gasteiger partial charge in [0.05, 0.1) is 19.0 Å². The second-order valence-corrected chi connectivity index (χ2v) is 5.78. The monoisotopic (exact) mass is 310 g/mol. The summed E-state index contributed by atoms with van der Waals surface area (Å²) in [6, 6.07) is 1.75. The van der Waals surface area contributed by atoms with Gasteiger partial charge in [-0.15, -0.1) is 11.3 Å². The minimum absolute atomic E-state index is 0.0206. The Hall–Kier alpha value is -2.14. The number of nitrogens with one attached hydrogen (secondary N) is 1. The number of nitriles is 1. The summed E-state index contributed by atoms with van der Waals surface area (Å²) in [7, 11) is 0. The van der Waals surface area contributed by atoms with E-state index in [4.69, 9.17) is 10.4 Å². The molecule has 0 bridgehead atoms. The summed E-state index contributed by atoms with van der Waals surface area (Å²) < 4.78 is 0. The van der Waals surface area contributed by atoms with Gasteiger partial charge in [-0.3, -0.25) is 0 Å². The van der Waals surface area contributed by atoms with Gasteiger partial charge in [-0.25, -0.2) is 14.6 Å². The molecule has 2 N–H and O–H groups in total. The molecule has 1 aromatic heterocycles. The summed E-state index contributed by atoms with van der Waals surface area (Å²) >= 11 is 1.19. The molecule has 1 rings (SSSR count). The highest BCUT2D eigenvalue weighted by Gasteiger charge is 2.15. The maximum absolute atomic E-state index is 12.1. The number of carboxylic acid groups (broad SMARTS) is 1. The predicted molar refractivity (Wildman–Crippen MR) is 78.0 cm³/mol. The van der Waals surface area contributed by atoms with Crippen LogP contribution in [0.15, 0.2) is 5.38 Å². The Morgan fingerprint density at radius 3 is 2.81 bits per heavy atom. The smallest absolute Gasteiger partial charge is 0.355 e. The van der Waals surface area contributed by atoms with Crippen molar-refractivity contribution in [3.8, 4) is 6.07 Å². The highest BCUT2D eigenvalue weighted by Crippen LogP contribution is 2.09. The average Bonchev–Trinajstić information content (AvgIpc) is 2.89. The van der Waals surface area contributed by atoms with E-state index in [0.717, 1.165) is 0 Å². The summed E-state index contributed by atoms with van der Waals surface area (Å²) in [6.45, 7) is 5.10. The molecule has 0 unspecified atom stereocenters. The quantitative estimate of drug-likeness (QED) is 0.800. The lowest BCUT2D eigenvalue weighted by Gasteiger charge is -2.23. The molecule has 7 nitrogen and oxygen atoms in total. The number of amides is 2. The molecule has 0 aliphatic rings. The molecule has 8 heteroatoms. The predicted octanol–water partition coefficient (Wildman–Crippen LogP) is 1.92. The topological polar surface area (TPSA) is 106 Å². The first kappa shape index (κ1) is 16.9. The second-order valence-electron chi connectivity index (χ2n) is 4.84. The largest absolute Gasteiger partial charge is 0.476 e. The molecule has 0 aliphatic carbocycles. The molecule has 0 spiro atoms. The van der Waals surface area contributed by atoms with Crippen molar-refractivity contribution in [3.63, 3.8) is 0 Å². The summed E-state index contributed by atoms with van der Waals surface area (Å²) in [5, 5.41) is 22.1. The minimum Gasteiger partial charge on any atom is -0.476 e. The number of thiazole rings is 1. The maximum Gasteiger partial charge on any atom is 0.355 e. The number of aromatic nitrogens is 1. The normalized spacial score (nSPS) is 10.2. The van der Waals surface area contributed by atoms with Gasteiger partial charge in [0, 0.05) is 18.5 Å². The van der Waals surface area contributed by atoms with Gasteiger partial charge in [-0.05, 0) is 5.92 Å². The summed E-state index contributed by atoms with van der Waals surface area (Å²) in [5.41, 5.74) is -0.0206. The lowest BCUT2D eigenvalue weighted by atomic mass is 10.2. The number of hydrogen-bond acceptors (Lipinski definition) is 5. The van der Waals surface area contributed by atoms with Gasteiger partial charge in [-0.1, -0.05) is 13.8 Å². The zero-order chi connectivity index (χ0) is 15.8. The van der Waals surface area contributed by atoms with Crippen LogP contribution < -0.4 is 5.32 Å². The first-order valence-corrected chi connectivity index (χ1v) is 7.39. The molecule has 0 aliphatic heterocycles. The van der Waals surface area contributed by atoms with Crippen LogP contribution in [0.3, 0.4) is 0 Å². The summed E-state index contributed by atoms with van der Waals surface area (Å²) in [6.07, 6.45) is 0.278. The van der Waals surface area contributed by atoms with E-state index >= 15 is 0 Å². The van der Waals surface area contributed by atoms with Gasteiger partial charge in [0.15, 0.2) is 5.69 Å². The SMILES string of the molecule is CC(C)CN(CCC#N)C(=O)NCc1nc(C(=O)O)cs1. The van der Waals surface area contributed by atoms with E-state index in [1.807, 2.05) is 19.9 Å². The lowest BCUT2D eigenvalue weighted by molar-refractivity contribution is 0.0691. The van der Waals surface area contributed by atoms with Crippen LogP contribution in [-0.4, -0.2) is 40.1 Å². The second kappa shape index (κ2) is 8.21. The summed E-state index contributed by atoms with van der Waals surface area (Å²) in [4.78, 5) is 28.3. The zero-order valence-corrected chi connectivity index (χ0v) is 12.8. The fourth-order valence-electron chi connectivity index (χ4n) is 1.65. The van der Waals surface area contributed by atoms with Crippen LogP contribution in [0.25, 0.3) is 0 Å². The fraction of sp³-hybridized carbons (Fsp3) is 0.538. The van der Waals surface area contributed by atoms with Crippen LogP contribution in [0.5, 0.6) is 0 Å². The Morgan fingerprint density at radius 2 is 2.29 bits per heavy atom. The van der Waals surface area contributed by atoms with Gasteiger partial charge in [0.1, 0.15) is 5.01 Å². The number of rotatable bonds is 7. The van der Waals surface area contributed by atoms with E-state index in [2.05, 4.69) is 10.3 Å². The fourth-order valence-corrected chi connectivity index (χ4v) is 2.36. The van der Waals surface area contributed by atoms with Crippen LogP contribution in [0.4, 0.5) is 4.79 Å². The highest BCUT2D eigenvalue weighted by atomic mass is 32.1. The van der Waals surface area contributed by atoms with Gasteiger partial charge in [0.2, 0.25) is 0 Å². The Labute approximate surface area is 127 Å². The molecule has 0 radical (unpaired) electrons. The van der Waals surface area contributed by atoms with Crippen LogP contribution in [-0.2, 0) is 6.54 Å². The number of urea groups is 1. The standard InChI is InChI=1S/C13H18N4O3S/c1-9(2)7-17(5-3-4-14)13(20)15-6-11-16-10(8-21-11)12(18)19/h8-9H,3,5-7H2,1-2H3,(H,15,20)(H,18,19). The molecule has 114 valence electrons. The van der Waals surface area contributed by atoms with Crippen LogP contribution in [0.2, 0.25) is 0 Å². The Kier molecular flexibility index (Phi) is 6.62. The third-order valence-electron chi connectivity index (χ3n) is 2.53. The van der Waals surface area contributed by atoms with Crippen LogP contribution >= 0.6 is 11.3 Å². The van der Waals surface area contributed by atoms with Gasteiger partial charge >= 0.3 is 12.0 Å². The molecule has 2 amide bonds. The number of aromatic carboxylic acids is 1. The van der Waals surface area contributed by atoms with Crippen molar-refractivity contribution in [2.75, 3.05) is 13.1 Å². The first-order chi connectivity index (χ1) is 9.93. The minimum atomic E-state index is -1.08. The third kappa shape index (κ3) is 5.79. The van der Waals surface area contributed by atoms with Crippen molar-refractivity contribution >= 4 is 23.3 Å². The molecule has 0 fully saturated rings. The number of carbonyl (C=O) groups excluding carboxylic acids is 1. The van der Waals surface area contributed by atoms with Gasteiger partial charge in [-0.2, -0.15) is 5.26 Å². The maximum atomic E-state index is 12.1. The van der Waals surface area contributed by atoms with Crippen molar-refractivity contribution in [1.29, 1.82) is 5.26 Å². The van der Waals surface area contributed by atoms with E-state index in [0.29, 0.717) is 24.0 Å². The number of carboxylic acids is 1. The molecule has 0 atom stereocenters. The van der Waals surface area contributed by atoms with Crippen molar-refractivity contribution < 1.29 is 14.7 Å². The van der Waals surface area contributed by atoms with E-state index in [-0.39, 0.29) is 24.7 Å². The van der Waals surface area contributed by atoms with Crippen molar-refractivity contribution in [1.82, 2.24) is 15.2 Å². The molecular formula is C13H18N4O3S. The van der Waals surface area contributed by atoms with Crippen LogP contribution in [0.1, 0.15) is 35.8 Å². The third-order valence-corrected chi connectivity index (χ3v) is 3.38. The number of carbonyl (C=O) groups is 2. The van der Waals surface area contributed by atoms with E-state index in [1.54, 1.807) is 4.90 Å². The molecule has 1 aromatic rings. The Morgan fingerprint density at radius 1 is 1.57 bits per heavy atom. The van der Waals surface area contributed by atoms with Gasteiger partial charge < -0.3 is 15.3 Å². The Balaban J connectivity index is 2.55. The van der Waals surface area contributed by atoms with Crippen molar-refractivity contribution in [2.45, 2.75) is 26.8 Å². The van der Waals surface area contributed by atoms with Crippen molar-refractivity contribution in [3.05, 3.63) is 16.1 Å². The van der Waals surface area contributed by atoms with E-state index in [1.165, 1.54) is 16.7 Å². The molecule has 1 heterocycles. The summed E-state index contributed by atoms with van der Waals surface area (Å²) in [5.74, 6) is -0.785. The average molecular weight is 310 g/mol. The lowest BCUT2D eigenvalue weighted by Crippen LogP contribution is -2.42. The molecule has 0 aromatic carbocycles. The zero-order valence-electron chi connectivity index (χ0n) is 12.0. The molecule has 21 heavy (non-hydrogen) atoms. The molecule has 0 saturated heterocycles. The molecular weight excluding hydrogens is 292 g/mol. The van der Waals surface area contributed by atoms with Crippen molar-refractivity contribution in [2.24, 2.45) is 5.92 Å². The van der Waals surface area contributed by atoms with Gasteiger partial charge in [0.25, 0.3) is 0 Å². The molecule has 0 saturated carbocycles. The Bertz CT molecular complexity index is 536. The highest BCUT2D eigenvalue weighted by molar-refractivity contribution is 7.09. The van der Waals surface area contributed by atoms with E-state index in [9.17, 15) is 9.59 Å².